The molecule has 4 nitrogen and oxygen atoms in total. The minimum atomic E-state index is -0.562. The van der Waals surface area contributed by atoms with E-state index in [0.717, 1.165) is 32.6 Å². The number of thiophene rings is 1. The summed E-state index contributed by atoms with van der Waals surface area (Å²) in [4.78, 5) is 12.8. The maximum Gasteiger partial charge on any atom is 0.270 e. The van der Waals surface area contributed by atoms with Gasteiger partial charge in [-0.2, -0.15) is 5.10 Å². The van der Waals surface area contributed by atoms with Crippen LogP contribution >= 0.6 is 22.9 Å². The fraction of sp³-hybridized carbons (Fsp3) is 0.105. The molecule has 0 fully saturated rings. The Morgan fingerprint density at radius 3 is 2.72 bits per heavy atom. The van der Waals surface area contributed by atoms with Gasteiger partial charge in [0.25, 0.3) is 5.91 Å². The second-order valence-electron chi connectivity index (χ2n) is 5.81. The second kappa shape index (κ2) is 6.43. The van der Waals surface area contributed by atoms with Gasteiger partial charge in [-0.1, -0.05) is 42.0 Å². The monoisotopic (exact) mass is 367 g/mol. The van der Waals surface area contributed by atoms with Crippen molar-refractivity contribution >= 4 is 38.9 Å². The molecular formula is C19H14ClN3OS. The van der Waals surface area contributed by atoms with Crippen molar-refractivity contribution in [2.75, 3.05) is 0 Å². The standard InChI is InChI=1S/C19H14ClN3OS/c20-13-7-5-12(6-8-13)16-10-14-15(9-11-3-1-2-4-11)22-23-17(19(21)24)18(14)25-16/h1,3-8,10H,2,9H2,(H2,21,24). The summed E-state index contributed by atoms with van der Waals surface area (Å²) >= 11 is 7.47. The first kappa shape index (κ1) is 16.0. The van der Waals surface area contributed by atoms with Gasteiger partial charge in [0.05, 0.1) is 10.4 Å². The van der Waals surface area contributed by atoms with Crippen molar-refractivity contribution in [3.05, 3.63) is 70.5 Å². The predicted molar refractivity (Wildman–Crippen MR) is 102 cm³/mol. The normalized spacial score (nSPS) is 13.4. The zero-order valence-electron chi connectivity index (χ0n) is 13.2. The molecule has 0 aliphatic heterocycles. The van der Waals surface area contributed by atoms with E-state index in [1.807, 2.05) is 24.3 Å². The lowest BCUT2D eigenvalue weighted by molar-refractivity contribution is 0.0996. The van der Waals surface area contributed by atoms with E-state index in [1.54, 1.807) is 0 Å². The molecule has 1 aliphatic carbocycles. The Hall–Kier alpha value is -2.50. The number of hydrogen-bond donors (Lipinski definition) is 1. The molecule has 25 heavy (non-hydrogen) atoms. The lowest BCUT2D eigenvalue weighted by Crippen LogP contribution is -2.14. The molecule has 0 radical (unpaired) electrons. The van der Waals surface area contributed by atoms with Crippen molar-refractivity contribution in [3.63, 3.8) is 0 Å². The molecule has 0 atom stereocenters. The number of nitrogens with two attached hydrogens (primary N) is 1. The van der Waals surface area contributed by atoms with E-state index in [0.29, 0.717) is 11.4 Å². The maximum absolute atomic E-state index is 11.7. The smallest absolute Gasteiger partial charge is 0.270 e. The van der Waals surface area contributed by atoms with E-state index in [4.69, 9.17) is 17.3 Å². The second-order valence-corrected chi connectivity index (χ2v) is 7.30. The number of amides is 1. The molecular weight excluding hydrogens is 354 g/mol. The van der Waals surface area contributed by atoms with Crippen molar-refractivity contribution in [2.45, 2.75) is 12.8 Å². The zero-order chi connectivity index (χ0) is 17.4. The fourth-order valence-electron chi connectivity index (χ4n) is 2.87. The van der Waals surface area contributed by atoms with Crippen molar-refractivity contribution in [1.82, 2.24) is 10.2 Å². The molecule has 0 bridgehead atoms. The van der Waals surface area contributed by atoms with Crippen LogP contribution in [0.5, 0.6) is 0 Å². The Kier molecular flexibility index (Phi) is 4.11. The van der Waals surface area contributed by atoms with Gasteiger partial charge < -0.3 is 5.73 Å². The number of carbonyl (C=O) groups excluding carboxylic acids is 1. The van der Waals surface area contributed by atoms with E-state index < -0.39 is 5.91 Å². The lowest BCUT2D eigenvalue weighted by atomic mass is 10.1. The van der Waals surface area contributed by atoms with Gasteiger partial charge in [-0.15, -0.1) is 16.4 Å². The number of fused-ring (bicyclic) bond motifs is 1. The van der Waals surface area contributed by atoms with Gasteiger partial charge in [0, 0.05) is 21.7 Å². The molecule has 0 saturated heterocycles. The van der Waals surface area contributed by atoms with Crippen molar-refractivity contribution in [2.24, 2.45) is 5.73 Å². The molecule has 3 aromatic rings. The number of benzene rings is 1. The van der Waals surface area contributed by atoms with Gasteiger partial charge >= 0.3 is 0 Å². The lowest BCUT2D eigenvalue weighted by Gasteiger charge is -2.03. The molecule has 2 aromatic heterocycles. The van der Waals surface area contributed by atoms with Crippen LogP contribution < -0.4 is 5.73 Å². The Morgan fingerprint density at radius 1 is 1.24 bits per heavy atom. The van der Waals surface area contributed by atoms with Crippen LogP contribution in [0.1, 0.15) is 22.6 Å². The Balaban J connectivity index is 1.86. The first-order valence-corrected chi connectivity index (χ1v) is 9.01. The van der Waals surface area contributed by atoms with Crippen LogP contribution in [-0.4, -0.2) is 16.1 Å². The highest BCUT2D eigenvalue weighted by Gasteiger charge is 2.18. The van der Waals surface area contributed by atoms with Crippen LogP contribution in [0.3, 0.4) is 0 Å². The van der Waals surface area contributed by atoms with Crippen LogP contribution in [0.15, 0.2) is 54.1 Å². The highest BCUT2D eigenvalue weighted by molar-refractivity contribution is 7.22. The van der Waals surface area contributed by atoms with Gasteiger partial charge in [0.2, 0.25) is 0 Å². The molecule has 0 unspecified atom stereocenters. The molecule has 2 N–H and O–H groups in total. The quantitative estimate of drug-likeness (QED) is 0.736. The van der Waals surface area contributed by atoms with E-state index >= 15 is 0 Å². The topological polar surface area (TPSA) is 68.9 Å². The van der Waals surface area contributed by atoms with Crippen LogP contribution in [0.25, 0.3) is 20.5 Å². The minimum absolute atomic E-state index is 0.222. The molecule has 1 aliphatic rings. The summed E-state index contributed by atoms with van der Waals surface area (Å²) < 4.78 is 0.782. The van der Waals surface area contributed by atoms with E-state index in [2.05, 4.69) is 34.5 Å². The molecule has 2 heterocycles. The number of primary amides is 1. The summed E-state index contributed by atoms with van der Waals surface area (Å²) in [7, 11) is 0. The van der Waals surface area contributed by atoms with Crippen molar-refractivity contribution in [3.8, 4) is 10.4 Å². The Morgan fingerprint density at radius 2 is 2.04 bits per heavy atom. The summed E-state index contributed by atoms with van der Waals surface area (Å²) in [5.41, 5.74) is 8.81. The Bertz CT molecular complexity index is 1030. The molecule has 6 heteroatoms. The average molecular weight is 368 g/mol. The SMILES string of the molecule is NC(=O)c1nnc(CC2=CCC=C2)c2cc(-c3ccc(Cl)cc3)sc12. The number of rotatable bonds is 4. The average Bonchev–Trinajstić information content (AvgIpc) is 3.25. The molecule has 0 saturated carbocycles. The number of aromatic nitrogens is 2. The summed E-state index contributed by atoms with van der Waals surface area (Å²) in [6.07, 6.45) is 8.02. The summed E-state index contributed by atoms with van der Waals surface area (Å²) in [6.45, 7) is 0. The van der Waals surface area contributed by atoms with E-state index in [-0.39, 0.29) is 5.69 Å². The largest absolute Gasteiger partial charge is 0.364 e. The van der Waals surface area contributed by atoms with Crippen LogP contribution in [0, 0.1) is 0 Å². The molecule has 1 amide bonds. The number of allylic oxidation sites excluding steroid dienone is 4. The van der Waals surface area contributed by atoms with E-state index in [9.17, 15) is 4.79 Å². The van der Waals surface area contributed by atoms with Crippen LogP contribution in [0.2, 0.25) is 5.02 Å². The van der Waals surface area contributed by atoms with Gasteiger partial charge in [-0.3, -0.25) is 4.79 Å². The third-order valence-corrected chi connectivity index (χ3v) is 5.55. The van der Waals surface area contributed by atoms with Crippen molar-refractivity contribution < 1.29 is 4.79 Å². The first-order chi connectivity index (χ1) is 12.1. The molecule has 1 aromatic carbocycles. The number of nitrogens with zero attached hydrogens (tertiary/aromatic N) is 2. The molecule has 124 valence electrons. The minimum Gasteiger partial charge on any atom is -0.364 e. The van der Waals surface area contributed by atoms with Gasteiger partial charge in [-0.05, 0) is 35.8 Å². The number of carbonyl (C=O) groups is 1. The third kappa shape index (κ3) is 3.08. The zero-order valence-corrected chi connectivity index (χ0v) is 14.8. The van der Waals surface area contributed by atoms with Crippen LogP contribution in [0.4, 0.5) is 0 Å². The number of halogens is 1. The molecule has 4 rings (SSSR count). The highest BCUT2D eigenvalue weighted by Crippen LogP contribution is 2.37. The highest BCUT2D eigenvalue weighted by atomic mass is 35.5. The summed E-state index contributed by atoms with van der Waals surface area (Å²) in [5, 5.41) is 9.97. The Labute approximate surface area is 153 Å². The molecule has 0 spiro atoms. The number of hydrogen-bond acceptors (Lipinski definition) is 4. The van der Waals surface area contributed by atoms with Crippen LogP contribution in [-0.2, 0) is 6.42 Å². The summed E-state index contributed by atoms with van der Waals surface area (Å²) in [5.74, 6) is -0.562. The van der Waals surface area contributed by atoms with E-state index in [1.165, 1.54) is 16.9 Å². The van der Waals surface area contributed by atoms with Gasteiger partial charge in [0.1, 0.15) is 0 Å². The predicted octanol–water partition coefficient (Wildman–Crippen LogP) is 4.54. The summed E-state index contributed by atoms with van der Waals surface area (Å²) in [6, 6.07) is 9.67. The first-order valence-electron chi connectivity index (χ1n) is 7.82. The van der Waals surface area contributed by atoms with Gasteiger partial charge in [-0.25, -0.2) is 0 Å². The van der Waals surface area contributed by atoms with Gasteiger partial charge in [0.15, 0.2) is 5.69 Å². The van der Waals surface area contributed by atoms with Crippen molar-refractivity contribution in [1.29, 1.82) is 0 Å². The maximum atomic E-state index is 11.7. The fourth-order valence-corrected chi connectivity index (χ4v) is 4.17. The third-order valence-electron chi connectivity index (χ3n) is 4.11.